The van der Waals surface area contributed by atoms with E-state index < -0.39 is 5.97 Å². The van der Waals surface area contributed by atoms with Crippen molar-refractivity contribution < 1.29 is 14.3 Å². The second-order valence-corrected chi connectivity index (χ2v) is 9.93. The lowest BCUT2D eigenvalue weighted by atomic mass is 10.0. The number of hydrogen-bond donors (Lipinski definition) is 0. The summed E-state index contributed by atoms with van der Waals surface area (Å²) in [6.07, 6.45) is 4.69. The SMILES string of the molecule is CCCn1c(C)cc(C(=O)COC(=O)c2c3c(nc4ccccc24)C(=Cc2cccs2)CC3)c1C. The monoisotopic (exact) mass is 484 g/mol. The zero-order valence-corrected chi connectivity index (χ0v) is 21.1. The molecule has 6 heteroatoms. The third kappa shape index (κ3) is 4.34. The highest BCUT2D eigenvalue weighted by Crippen LogP contribution is 2.38. The van der Waals surface area contributed by atoms with Crippen molar-refractivity contribution in [2.24, 2.45) is 0 Å². The van der Waals surface area contributed by atoms with Gasteiger partial charge in [-0.25, -0.2) is 9.78 Å². The van der Waals surface area contributed by atoms with Gasteiger partial charge in [0, 0.05) is 33.8 Å². The minimum atomic E-state index is -0.465. The Hall–Kier alpha value is -3.51. The van der Waals surface area contributed by atoms with Crippen molar-refractivity contribution in [3.05, 3.63) is 86.5 Å². The summed E-state index contributed by atoms with van der Waals surface area (Å²) < 4.78 is 7.78. The molecule has 0 saturated carbocycles. The Balaban J connectivity index is 1.46. The van der Waals surface area contributed by atoms with E-state index in [1.165, 1.54) is 4.88 Å². The van der Waals surface area contributed by atoms with Gasteiger partial charge < -0.3 is 9.30 Å². The Kier molecular flexibility index (Phi) is 6.39. The van der Waals surface area contributed by atoms with Crippen molar-refractivity contribution in [1.29, 1.82) is 0 Å². The van der Waals surface area contributed by atoms with E-state index in [4.69, 9.17) is 9.72 Å². The van der Waals surface area contributed by atoms with E-state index in [0.717, 1.165) is 64.9 Å². The first-order chi connectivity index (χ1) is 17.0. The highest BCUT2D eigenvalue weighted by Gasteiger charge is 2.28. The number of esters is 1. The number of pyridine rings is 1. The van der Waals surface area contributed by atoms with Crippen molar-refractivity contribution in [3.8, 4) is 0 Å². The Bertz CT molecular complexity index is 1460. The van der Waals surface area contributed by atoms with Crippen LogP contribution >= 0.6 is 11.3 Å². The molecule has 0 spiro atoms. The van der Waals surface area contributed by atoms with Gasteiger partial charge >= 0.3 is 5.97 Å². The topological polar surface area (TPSA) is 61.2 Å². The van der Waals surface area contributed by atoms with Gasteiger partial charge in [0.1, 0.15) is 0 Å². The van der Waals surface area contributed by atoms with Crippen molar-refractivity contribution >= 4 is 45.6 Å². The lowest BCUT2D eigenvalue weighted by Crippen LogP contribution is -2.17. The van der Waals surface area contributed by atoms with Crippen LogP contribution < -0.4 is 0 Å². The molecule has 5 rings (SSSR count). The molecule has 0 atom stereocenters. The number of Topliss-reactive ketones (excluding diaryl/α,β-unsaturated/α-hetero) is 1. The van der Waals surface area contributed by atoms with Gasteiger partial charge in [-0.1, -0.05) is 31.2 Å². The smallest absolute Gasteiger partial charge is 0.339 e. The van der Waals surface area contributed by atoms with E-state index >= 15 is 0 Å². The fraction of sp³-hybridized carbons (Fsp3) is 0.276. The fourth-order valence-electron chi connectivity index (χ4n) is 4.99. The van der Waals surface area contributed by atoms with Gasteiger partial charge in [-0.3, -0.25) is 4.79 Å². The van der Waals surface area contributed by atoms with Crippen LogP contribution in [0, 0.1) is 13.8 Å². The molecule has 178 valence electrons. The summed E-state index contributed by atoms with van der Waals surface area (Å²) in [6, 6.07) is 13.6. The summed E-state index contributed by atoms with van der Waals surface area (Å²) >= 11 is 1.68. The van der Waals surface area contributed by atoms with Crippen LogP contribution in [0.4, 0.5) is 0 Å². The van der Waals surface area contributed by atoms with E-state index in [-0.39, 0.29) is 12.4 Å². The maximum atomic E-state index is 13.4. The third-order valence-electron chi connectivity index (χ3n) is 6.66. The molecule has 1 aromatic carbocycles. The van der Waals surface area contributed by atoms with Crippen molar-refractivity contribution in [1.82, 2.24) is 9.55 Å². The molecule has 35 heavy (non-hydrogen) atoms. The molecule has 0 aliphatic heterocycles. The molecule has 0 radical (unpaired) electrons. The quantitative estimate of drug-likeness (QED) is 0.218. The van der Waals surface area contributed by atoms with Gasteiger partial charge in [0.05, 0.1) is 16.8 Å². The maximum absolute atomic E-state index is 13.4. The van der Waals surface area contributed by atoms with Gasteiger partial charge in [-0.05, 0) is 73.9 Å². The van der Waals surface area contributed by atoms with E-state index in [2.05, 4.69) is 29.0 Å². The highest BCUT2D eigenvalue weighted by molar-refractivity contribution is 7.10. The Morgan fingerprint density at radius 2 is 1.97 bits per heavy atom. The molecule has 1 aliphatic carbocycles. The zero-order valence-electron chi connectivity index (χ0n) is 20.3. The predicted octanol–water partition coefficient (Wildman–Crippen LogP) is 6.65. The largest absolute Gasteiger partial charge is 0.454 e. The van der Waals surface area contributed by atoms with Gasteiger partial charge in [-0.15, -0.1) is 11.3 Å². The standard InChI is InChI=1S/C29H28N2O3S/c1-4-13-31-18(2)15-24(19(31)3)26(32)17-34-29(33)27-22-9-5-6-10-25(22)30-28-20(11-12-23(27)28)16-21-8-7-14-35-21/h5-10,14-16H,4,11-13,17H2,1-3H3. The van der Waals surface area contributed by atoms with Crippen LogP contribution in [-0.4, -0.2) is 27.9 Å². The van der Waals surface area contributed by atoms with Crippen molar-refractivity contribution in [2.45, 2.75) is 46.6 Å². The van der Waals surface area contributed by atoms with Crippen LogP contribution in [0.2, 0.25) is 0 Å². The molecule has 1 aliphatic rings. The van der Waals surface area contributed by atoms with E-state index in [1.807, 2.05) is 50.2 Å². The normalized spacial score (nSPS) is 14.0. The molecule has 0 fully saturated rings. The summed E-state index contributed by atoms with van der Waals surface area (Å²) in [7, 11) is 0. The molecule has 5 nitrogen and oxygen atoms in total. The van der Waals surface area contributed by atoms with E-state index in [1.54, 1.807) is 11.3 Å². The lowest BCUT2D eigenvalue weighted by molar-refractivity contribution is 0.0475. The number of hydrogen-bond acceptors (Lipinski definition) is 5. The first kappa shape index (κ1) is 23.2. The van der Waals surface area contributed by atoms with E-state index in [9.17, 15) is 9.59 Å². The second-order valence-electron chi connectivity index (χ2n) is 8.95. The average Bonchev–Trinajstić information content (AvgIpc) is 3.58. The molecule has 0 saturated heterocycles. The molecular weight excluding hydrogens is 456 g/mol. The summed E-state index contributed by atoms with van der Waals surface area (Å²) in [5, 5.41) is 2.82. The van der Waals surface area contributed by atoms with Gasteiger partial charge in [-0.2, -0.15) is 0 Å². The minimum Gasteiger partial charge on any atom is -0.454 e. The van der Waals surface area contributed by atoms with Crippen LogP contribution in [0.5, 0.6) is 0 Å². The number of para-hydroxylation sites is 1. The summed E-state index contributed by atoms with van der Waals surface area (Å²) in [6.45, 7) is 6.64. The van der Waals surface area contributed by atoms with Crippen LogP contribution in [0.25, 0.3) is 22.6 Å². The number of ether oxygens (including phenoxy) is 1. The Morgan fingerprint density at radius 3 is 2.74 bits per heavy atom. The number of aryl methyl sites for hydroxylation is 1. The minimum absolute atomic E-state index is 0.179. The Morgan fingerprint density at radius 1 is 1.14 bits per heavy atom. The number of carbonyl (C=O) groups is 2. The molecule has 0 unspecified atom stereocenters. The molecule has 3 heterocycles. The first-order valence-corrected chi connectivity index (χ1v) is 12.9. The highest BCUT2D eigenvalue weighted by atomic mass is 32.1. The van der Waals surface area contributed by atoms with Crippen LogP contribution in [0.3, 0.4) is 0 Å². The van der Waals surface area contributed by atoms with Crippen molar-refractivity contribution in [3.63, 3.8) is 0 Å². The molecule has 0 amide bonds. The number of ketones is 1. The van der Waals surface area contributed by atoms with Gasteiger partial charge in [0.15, 0.2) is 6.61 Å². The van der Waals surface area contributed by atoms with Crippen molar-refractivity contribution in [2.75, 3.05) is 6.61 Å². The first-order valence-electron chi connectivity index (χ1n) is 12.0. The van der Waals surface area contributed by atoms with Gasteiger partial charge in [0.25, 0.3) is 0 Å². The number of carbonyl (C=O) groups excluding carboxylic acids is 2. The number of aromatic nitrogens is 2. The number of benzene rings is 1. The van der Waals surface area contributed by atoms with Gasteiger partial charge in [0.2, 0.25) is 5.78 Å². The summed E-state index contributed by atoms with van der Waals surface area (Å²) in [5.74, 6) is -0.643. The number of fused-ring (bicyclic) bond motifs is 2. The lowest BCUT2D eigenvalue weighted by Gasteiger charge is -2.12. The van der Waals surface area contributed by atoms with Crippen LogP contribution in [-0.2, 0) is 17.7 Å². The van der Waals surface area contributed by atoms with Crippen LogP contribution in [0.15, 0.2) is 47.8 Å². The number of nitrogens with zero attached hydrogens (tertiary/aromatic N) is 2. The average molecular weight is 485 g/mol. The van der Waals surface area contributed by atoms with Crippen LogP contribution in [0.1, 0.15) is 68.0 Å². The fourth-order valence-corrected chi connectivity index (χ4v) is 5.67. The predicted molar refractivity (Wildman–Crippen MR) is 141 cm³/mol. The molecule has 4 aromatic rings. The molecular formula is C29H28N2O3S. The molecule has 3 aromatic heterocycles. The Labute approximate surface area is 209 Å². The second kappa shape index (κ2) is 9.62. The third-order valence-corrected chi connectivity index (χ3v) is 7.48. The number of rotatable bonds is 7. The molecule has 0 N–H and O–H groups in total. The number of thiophene rings is 1. The van der Waals surface area contributed by atoms with E-state index in [0.29, 0.717) is 11.1 Å². The maximum Gasteiger partial charge on any atom is 0.339 e. The molecule has 0 bridgehead atoms. The summed E-state index contributed by atoms with van der Waals surface area (Å²) in [4.78, 5) is 32.5. The summed E-state index contributed by atoms with van der Waals surface area (Å²) in [5.41, 5.74) is 6.77. The zero-order chi connectivity index (χ0) is 24.5. The number of allylic oxidation sites excluding steroid dienone is 1.